The molecule has 0 saturated heterocycles. The number of ether oxygens (including phenoxy) is 2. The summed E-state index contributed by atoms with van der Waals surface area (Å²) in [6, 6.07) is 5.15. The first-order valence-electron chi connectivity index (χ1n) is 9.10. The molecule has 2 aromatic heterocycles. The highest BCUT2D eigenvalue weighted by Gasteiger charge is 2.21. The van der Waals surface area contributed by atoms with Crippen molar-refractivity contribution in [2.45, 2.75) is 32.8 Å². The van der Waals surface area contributed by atoms with Crippen molar-refractivity contribution in [3.8, 4) is 11.5 Å². The van der Waals surface area contributed by atoms with Crippen LogP contribution in [0.5, 0.6) is 11.5 Å². The minimum absolute atomic E-state index is 0.205. The van der Waals surface area contributed by atoms with E-state index in [2.05, 4.69) is 22.2 Å². The zero-order chi connectivity index (χ0) is 19.5. The van der Waals surface area contributed by atoms with Crippen LogP contribution in [0.4, 0.5) is 5.13 Å². The number of carbonyl (C=O) groups is 1. The number of thiazole rings is 2. The highest BCUT2D eigenvalue weighted by atomic mass is 32.1. The Labute approximate surface area is 171 Å². The van der Waals surface area contributed by atoms with Gasteiger partial charge in [0.15, 0.2) is 16.6 Å². The van der Waals surface area contributed by atoms with Crippen LogP contribution in [-0.2, 0) is 19.4 Å². The molecule has 0 saturated carbocycles. The summed E-state index contributed by atoms with van der Waals surface area (Å²) < 4.78 is 11.2. The number of nitrogens with one attached hydrogen (secondary N) is 1. The van der Waals surface area contributed by atoms with Crippen LogP contribution in [0.15, 0.2) is 29.1 Å². The molecule has 4 rings (SSSR count). The topological polar surface area (TPSA) is 73.3 Å². The van der Waals surface area contributed by atoms with Crippen LogP contribution in [0.2, 0.25) is 0 Å². The van der Waals surface area contributed by atoms with E-state index in [1.54, 1.807) is 42.2 Å². The van der Waals surface area contributed by atoms with Gasteiger partial charge in [0.2, 0.25) is 0 Å². The molecule has 0 unspecified atom stereocenters. The molecule has 0 fully saturated rings. The molecule has 0 spiro atoms. The maximum atomic E-state index is 12.7. The molecule has 146 valence electrons. The van der Waals surface area contributed by atoms with Gasteiger partial charge in [0.05, 0.1) is 24.0 Å². The SMILES string of the molecule is COc1cc(C(=O)Nc2nc3c(s2)C[C@H](C)CC3)ccc1OCc1cscn1. The van der Waals surface area contributed by atoms with Crippen LogP contribution in [0, 0.1) is 5.92 Å². The first kappa shape index (κ1) is 18.9. The summed E-state index contributed by atoms with van der Waals surface area (Å²) in [7, 11) is 1.56. The molecule has 1 aliphatic carbocycles. The van der Waals surface area contributed by atoms with Crippen molar-refractivity contribution < 1.29 is 14.3 Å². The van der Waals surface area contributed by atoms with E-state index < -0.39 is 0 Å². The van der Waals surface area contributed by atoms with Crippen molar-refractivity contribution >= 4 is 33.7 Å². The fraction of sp³-hybridized carbons (Fsp3) is 0.350. The molecule has 1 aromatic carbocycles. The first-order chi connectivity index (χ1) is 13.6. The van der Waals surface area contributed by atoms with Crippen LogP contribution in [0.25, 0.3) is 0 Å². The number of hydrogen-bond acceptors (Lipinski definition) is 7. The second-order valence-electron chi connectivity index (χ2n) is 6.83. The number of nitrogens with zero attached hydrogens (tertiary/aromatic N) is 2. The minimum atomic E-state index is -0.205. The van der Waals surface area contributed by atoms with E-state index in [0.717, 1.165) is 30.7 Å². The Morgan fingerprint density at radius 3 is 3.04 bits per heavy atom. The van der Waals surface area contributed by atoms with Gasteiger partial charge in [-0.05, 0) is 43.4 Å². The van der Waals surface area contributed by atoms with Gasteiger partial charge in [-0.15, -0.1) is 22.7 Å². The van der Waals surface area contributed by atoms with Gasteiger partial charge in [0, 0.05) is 15.8 Å². The molecular formula is C20H21N3O3S2. The van der Waals surface area contributed by atoms with E-state index >= 15 is 0 Å². The number of fused-ring (bicyclic) bond motifs is 1. The van der Waals surface area contributed by atoms with Crippen molar-refractivity contribution in [3.63, 3.8) is 0 Å². The van der Waals surface area contributed by atoms with Gasteiger partial charge < -0.3 is 9.47 Å². The summed E-state index contributed by atoms with van der Waals surface area (Å²) in [5.41, 5.74) is 4.25. The Morgan fingerprint density at radius 2 is 2.25 bits per heavy atom. The number of methoxy groups -OCH3 is 1. The Morgan fingerprint density at radius 1 is 1.36 bits per heavy atom. The lowest BCUT2D eigenvalue weighted by molar-refractivity contribution is 0.102. The molecule has 1 N–H and O–H groups in total. The van der Waals surface area contributed by atoms with Crippen molar-refractivity contribution in [3.05, 3.63) is 50.9 Å². The molecule has 0 bridgehead atoms. The Bertz CT molecular complexity index is 969. The predicted molar refractivity (Wildman–Crippen MR) is 111 cm³/mol. The lowest BCUT2D eigenvalue weighted by Gasteiger charge is -2.15. The summed E-state index contributed by atoms with van der Waals surface area (Å²) in [5, 5.41) is 5.51. The predicted octanol–water partition coefficient (Wildman–Crippen LogP) is 4.56. The van der Waals surface area contributed by atoms with Crippen LogP contribution >= 0.6 is 22.7 Å². The normalized spacial score (nSPS) is 15.7. The second-order valence-corrected chi connectivity index (χ2v) is 8.63. The van der Waals surface area contributed by atoms with Crippen molar-refractivity contribution in [2.75, 3.05) is 12.4 Å². The first-order valence-corrected chi connectivity index (χ1v) is 10.9. The maximum Gasteiger partial charge on any atom is 0.257 e. The largest absolute Gasteiger partial charge is 0.493 e. The van der Waals surface area contributed by atoms with E-state index in [-0.39, 0.29) is 5.91 Å². The van der Waals surface area contributed by atoms with Gasteiger partial charge in [0.25, 0.3) is 5.91 Å². The molecule has 1 aliphatic rings. The molecule has 6 nitrogen and oxygen atoms in total. The Balaban J connectivity index is 1.45. The van der Waals surface area contributed by atoms with Crippen LogP contribution in [-0.4, -0.2) is 23.0 Å². The molecule has 2 heterocycles. The van der Waals surface area contributed by atoms with Crippen molar-refractivity contribution in [1.82, 2.24) is 9.97 Å². The number of benzene rings is 1. The van der Waals surface area contributed by atoms with Crippen LogP contribution in [0.3, 0.4) is 0 Å². The zero-order valence-corrected chi connectivity index (χ0v) is 17.4. The summed E-state index contributed by atoms with van der Waals surface area (Å²) >= 11 is 3.10. The third-order valence-electron chi connectivity index (χ3n) is 4.69. The highest BCUT2D eigenvalue weighted by Crippen LogP contribution is 2.33. The second kappa shape index (κ2) is 8.28. The third-order valence-corrected chi connectivity index (χ3v) is 6.36. The maximum absolute atomic E-state index is 12.7. The summed E-state index contributed by atoms with van der Waals surface area (Å²) in [6.07, 6.45) is 3.19. The summed E-state index contributed by atoms with van der Waals surface area (Å²) in [6.45, 7) is 2.61. The molecule has 3 aromatic rings. The molecular weight excluding hydrogens is 394 g/mol. The van der Waals surface area contributed by atoms with Crippen molar-refractivity contribution in [2.24, 2.45) is 5.92 Å². The number of aromatic nitrogens is 2. The third kappa shape index (κ3) is 4.18. The lowest BCUT2D eigenvalue weighted by Crippen LogP contribution is -2.12. The van der Waals surface area contributed by atoms with Gasteiger partial charge in [-0.3, -0.25) is 10.1 Å². The monoisotopic (exact) mass is 415 g/mol. The Kier molecular flexibility index (Phi) is 5.59. The number of aryl methyl sites for hydroxylation is 1. The Hall–Kier alpha value is -2.45. The van der Waals surface area contributed by atoms with Gasteiger partial charge in [-0.1, -0.05) is 6.92 Å². The number of carbonyl (C=O) groups excluding carboxylic acids is 1. The van der Waals surface area contributed by atoms with Crippen LogP contribution in [0.1, 0.15) is 40.0 Å². The van der Waals surface area contributed by atoms with Gasteiger partial charge in [-0.25, -0.2) is 9.97 Å². The molecule has 28 heavy (non-hydrogen) atoms. The number of hydrogen-bond donors (Lipinski definition) is 1. The fourth-order valence-electron chi connectivity index (χ4n) is 3.15. The summed E-state index contributed by atoms with van der Waals surface area (Å²) in [4.78, 5) is 22.7. The van der Waals surface area contributed by atoms with E-state index in [0.29, 0.717) is 34.7 Å². The minimum Gasteiger partial charge on any atom is -0.493 e. The fourth-order valence-corrected chi connectivity index (χ4v) is 4.86. The van der Waals surface area contributed by atoms with Gasteiger partial charge in [-0.2, -0.15) is 0 Å². The van der Waals surface area contributed by atoms with Gasteiger partial charge >= 0.3 is 0 Å². The van der Waals surface area contributed by atoms with E-state index in [9.17, 15) is 4.79 Å². The molecule has 1 atom stereocenters. The lowest BCUT2D eigenvalue weighted by atomic mass is 9.93. The quantitative estimate of drug-likeness (QED) is 0.639. The number of rotatable bonds is 6. The van der Waals surface area contributed by atoms with E-state index in [1.165, 1.54) is 16.2 Å². The average molecular weight is 416 g/mol. The van der Waals surface area contributed by atoms with Gasteiger partial charge in [0.1, 0.15) is 6.61 Å². The highest BCUT2D eigenvalue weighted by molar-refractivity contribution is 7.15. The molecule has 8 heteroatoms. The van der Waals surface area contributed by atoms with E-state index in [1.807, 2.05) is 5.38 Å². The standard InChI is InChI=1S/C20H21N3O3S2/c1-12-3-5-15-18(7-12)28-20(22-15)23-19(24)13-4-6-16(17(8-13)25-2)26-9-14-10-27-11-21-14/h4,6,8,10-12H,3,5,7,9H2,1-2H3,(H,22,23,24)/t12-/m1/s1. The van der Waals surface area contributed by atoms with Crippen LogP contribution < -0.4 is 14.8 Å². The molecule has 1 amide bonds. The smallest absolute Gasteiger partial charge is 0.257 e. The molecule has 0 radical (unpaired) electrons. The summed E-state index contributed by atoms with van der Waals surface area (Å²) in [5.74, 6) is 1.56. The van der Waals surface area contributed by atoms with Crippen molar-refractivity contribution in [1.29, 1.82) is 0 Å². The zero-order valence-electron chi connectivity index (χ0n) is 15.7. The molecule has 0 aliphatic heterocycles. The van der Waals surface area contributed by atoms with E-state index in [4.69, 9.17) is 9.47 Å². The average Bonchev–Trinajstić information content (AvgIpc) is 3.35. The number of anilines is 1. The number of amides is 1.